The van der Waals surface area contributed by atoms with Gasteiger partial charge in [-0.1, -0.05) is 6.07 Å². The predicted octanol–water partition coefficient (Wildman–Crippen LogP) is 1.68. The van der Waals surface area contributed by atoms with Gasteiger partial charge < -0.3 is 14.2 Å². The zero-order valence-corrected chi connectivity index (χ0v) is 8.46. The standard InChI is InChI=1S/C10H13NO3/c1-12-7-5-4-6-8(13-2)9(7)10(11)14-3/h4-6,11H,1-3H3. The average Bonchev–Trinajstić information content (AvgIpc) is 2.26. The third-order valence-electron chi connectivity index (χ3n) is 1.86. The molecule has 0 spiro atoms. The first-order valence-electron chi connectivity index (χ1n) is 4.08. The van der Waals surface area contributed by atoms with Crippen LogP contribution in [0.5, 0.6) is 11.5 Å². The van der Waals surface area contributed by atoms with Crippen LogP contribution in [-0.4, -0.2) is 27.2 Å². The van der Waals surface area contributed by atoms with E-state index >= 15 is 0 Å². The fraction of sp³-hybridized carbons (Fsp3) is 0.300. The molecule has 1 rings (SSSR count). The van der Waals surface area contributed by atoms with Crippen molar-refractivity contribution in [3.8, 4) is 11.5 Å². The molecule has 1 N–H and O–H groups in total. The minimum absolute atomic E-state index is 0.0271. The summed E-state index contributed by atoms with van der Waals surface area (Å²) in [7, 11) is 4.52. The van der Waals surface area contributed by atoms with Crippen LogP contribution in [0.1, 0.15) is 5.56 Å². The molecule has 4 heteroatoms. The number of hydrogen-bond acceptors (Lipinski definition) is 4. The molecule has 1 aromatic carbocycles. The Kier molecular flexibility index (Phi) is 3.34. The first-order valence-corrected chi connectivity index (χ1v) is 4.08. The number of benzene rings is 1. The maximum Gasteiger partial charge on any atom is 0.220 e. The van der Waals surface area contributed by atoms with E-state index in [0.29, 0.717) is 17.1 Å². The van der Waals surface area contributed by atoms with E-state index in [2.05, 4.69) is 0 Å². The molecular weight excluding hydrogens is 182 g/mol. The van der Waals surface area contributed by atoms with Crippen LogP contribution in [0.25, 0.3) is 0 Å². The predicted molar refractivity (Wildman–Crippen MR) is 53.4 cm³/mol. The van der Waals surface area contributed by atoms with Gasteiger partial charge in [0.05, 0.1) is 21.3 Å². The van der Waals surface area contributed by atoms with Gasteiger partial charge in [0.25, 0.3) is 0 Å². The molecule has 4 nitrogen and oxygen atoms in total. The Morgan fingerprint density at radius 2 is 1.57 bits per heavy atom. The fourth-order valence-electron chi connectivity index (χ4n) is 1.18. The molecule has 0 unspecified atom stereocenters. The minimum atomic E-state index is 0.0271. The van der Waals surface area contributed by atoms with Crippen molar-refractivity contribution < 1.29 is 14.2 Å². The summed E-state index contributed by atoms with van der Waals surface area (Å²) in [5, 5.41) is 7.58. The highest BCUT2D eigenvalue weighted by Gasteiger charge is 2.14. The molecule has 76 valence electrons. The molecule has 0 saturated carbocycles. The molecule has 0 saturated heterocycles. The van der Waals surface area contributed by atoms with Crippen LogP contribution in [0.4, 0.5) is 0 Å². The summed E-state index contributed by atoms with van der Waals surface area (Å²) in [6, 6.07) is 5.31. The third kappa shape index (κ3) is 1.79. The van der Waals surface area contributed by atoms with E-state index in [1.54, 1.807) is 32.4 Å². The normalized spacial score (nSPS) is 9.36. The van der Waals surface area contributed by atoms with E-state index in [1.807, 2.05) is 0 Å². The van der Waals surface area contributed by atoms with Gasteiger partial charge >= 0.3 is 0 Å². The van der Waals surface area contributed by atoms with Crippen LogP contribution < -0.4 is 9.47 Å². The lowest BCUT2D eigenvalue weighted by Crippen LogP contribution is -2.06. The van der Waals surface area contributed by atoms with Gasteiger partial charge in [-0.15, -0.1) is 0 Å². The zero-order chi connectivity index (χ0) is 10.6. The average molecular weight is 195 g/mol. The van der Waals surface area contributed by atoms with Crippen LogP contribution in [0, 0.1) is 5.41 Å². The van der Waals surface area contributed by atoms with E-state index in [0.717, 1.165) is 0 Å². The maximum atomic E-state index is 7.58. The van der Waals surface area contributed by atoms with Gasteiger partial charge in [0.1, 0.15) is 17.1 Å². The highest BCUT2D eigenvalue weighted by Crippen LogP contribution is 2.28. The number of methoxy groups -OCH3 is 3. The Morgan fingerprint density at radius 3 is 1.93 bits per heavy atom. The molecule has 0 bridgehead atoms. The van der Waals surface area contributed by atoms with Gasteiger partial charge in [-0.25, -0.2) is 0 Å². The maximum absolute atomic E-state index is 7.58. The number of rotatable bonds is 3. The molecule has 0 amide bonds. The molecule has 0 heterocycles. The molecule has 1 aromatic rings. The summed E-state index contributed by atoms with van der Waals surface area (Å²) in [5.74, 6) is 1.16. The molecule has 0 atom stereocenters. The fourth-order valence-corrected chi connectivity index (χ4v) is 1.18. The third-order valence-corrected chi connectivity index (χ3v) is 1.86. The number of nitrogens with one attached hydrogen (secondary N) is 1. The minimum Gasteiger partial charge on any atom is -0.496 e. The second kappa shape index (κ2) is 4.50. The van der Waals surface area contributed by atoms with Crippen molar-refractivity contribution in [1.29, 1.82) is 5.41 Å². The lowest BCUT2D eigenvalue weighted by Gasteiger charge is -2.12. The van der Waals surface area contributed by atoms with Crippen molar-refractivity contribution in [3.05, 3.63) is 23.8 Å². The Balaban J connectivity index is 3.25. The monoisotopic (exact) mass is 195 g/mol. The van der Waals surface area contributed by atoms with Crippen LogP contribution in [-0.2, 0) is 4.74 Å². The van der Waals surface area contributed by atoms with Gasteiger partial charge in [-0.3, -0.25) is 5.41 Å². The molecule has 0 aliphatic heterocycles. The Bertz CT molecular complexity index is 314. The van der Waals surface area contributed by atoms with E-state index in [4.69, 9.17) is 19.6 Å². The molecule has 0 radical (unpaired) electrons. The largest absolute Gasteiger partial charge is 0.496 e. The quantitative estimate of drug-likeness (QED) is 0.589. The van der Waals surface area contributed by atoms with E-state index in [9.17, 15) is 0 Å². The topological polar surface area (TPSA) is 51.5 Å². The van der Waals surface area contributed by atoms with Crippen LogP contribution in [0.2, 0.25) is 0 Å². The second-order valence-electron chi connectivity index (χ2n) is 2.57. The van der Waals surface area contributed by atoms with E-state index < -0.39 is 0 Å². The van der Waals surface area contributed by atoms with Gasteiger partial charge in [-0.2, -0.15) is 0 Å². The summed E-state index contributed by atoms with van der Waals surface area (Å²) < 4.78 is 15.1. The first kappa shape index (κ1) is 10.4. The van der Waals surface area contributed by atoms with E-state index in [-0.39, 0.29) is 5.90 Å². The first-order chi connectivity index (χ1) is 6.74. The molecular formula is C10H13NO3. The highest BCUT2D eigenvalue weighted by atomic mass is 16.5. The van der Waals surface area contributed by atoms with Crippen molar-refractivity contribution in [2.45, 2.75) is 0 Å². The van der Waals surface area contributed by atoms with Crippen LogP contribution >= 0.6 is 0 Å². The SMILES string of the molecule is COC(=N)c1c(OC)cccc1OC. The van der Waals surface area contributed by atoms with Gasteiger partial charge in [0.2, 0.25) is 5.90 Å². The summed E-state index contributed by atoms with van der Waals surface area (Å²) in [6.45, 7) is 0. The summed E-state index contributed by atoms with van der Waals surface area (Å²) in [4.78, 5) is 0. The molecule has 0 aliphatic rings. The van der Waals surface area contributed by atoms with Crippen molar-refractivity contribution in [3.63, 3.8) is 0 Å². The van der Waals surface area contributed by atoms with Crippen molar-refractivity contribution in [1.82, 2.24) is 0 Å². The highest BCUT2D eigenvalue weighted by molar-refractivity contribution is 5.97. The van der Waals surface area contributed by atoms with Gasteiger partial charge in [-0.05, 0) is 12.1 Å². The smallest absolute Gasteiger partial charge is 0.220 e. The second-order valence-corrected chi connectivity index (χ2v) is 2.57. The molecule has 0 aliphatic carbocycles. The summed E-state index contributed by atoms with van der Waals surface area (Å²) in [6.07, 6.45) is 0. The summed E-state index contributed by atoms with van der Waals surface area (Å²) >= 11 is 0. The van der Waals surface area contributed by atoms with Gasteiger partial charge in [0.15, 0.2) is 0 Å². The van der Waals surface area contributed by atoms with Crippen LogP contribution in [0.3, 0.4) is 0 Å². The van der Waals surface area contributed by atoms with E-state index in [1.165, 1.54) is 7.11 Å². The lowest BCUT2D eigenvalue weighted by molar-refractivity contribution is 0.371. The van der Waals surface area contributed by atoms with Gasteiger partial charge in [0, 0.05) is 0 Å². The lowest BCUT2D eigenvalue weighted by atomic mass is 10.1. The number of ether oxygens (including phenoxy) is 3. The zero-order valence-electron chi connectivity index (χ0n) is 8.46. The van der Waals surface area contributed by atoms with Crippen molar-refractivity contribution in [2.75, 3.05) is 21.3 Å². The molecule has 14 heavy (non-hydrogen) atoms. The molecule has 0 fully saturated rings. The van der Waals surface area contributed by atoms with Crippen molar-refractivity contribution in [2.24, 2.45) is 0 Å². The Hall–Kier alpha value is -1.71. The Labute approximate surface area is 82.9 Å². The number of hydrogen-bond donors (Lipinski definition) is 1. The molecule has 0 aromatic heterocycles. The van der Waals surface area contributed by atoms with Crippen molar-refractivity contribution >= 4 is 5.90 Å². The van der Waals surface area contributed by atoms with Crippen LogP contribution in [0.15, 0.2) is 18.2 Å². The Morgan fingerprint density at radius 1 is 1.07 bits per heavy atom. The summed E-state index contributed by atoms with van der Waals surface area (Å²) in [5.41, 5.74) is 0.528.